The Morgan fingerprint density at radius 1 is 1.39 bits per heavy atom. The lowest BCUT2D eigenvalue weighted by Gasteiger charge is -2.19. The van der Waals surface area contributed by atoms with Gasteiger partial charge in [0.25, 0.3) is 5.91 Å². The van der Waals surface area contributed by atoms with Crippen molar-refractivity contribution in [1.82, 2.24) is 4.90 Å². The third-order valence-corrected chi connectivity index (χ3v) is 3.85. The van der Waals surface area contributed by atoms with E-state index in [0.717, 1.165) is 0 Å². The molecule has 0 spiro atoms. The minimum Gasteiger partial charge on any atom is -0.493 e. The van der Waals surface area contributed by atoms with Gasteiger partial charge in [0.05, 0.1) is 25.4 Å². The van der Waals surface area contributed by atoms with Crippen LogP contribution >= 0.6 is 0 Å². The van der Waals surface area contributed by atoms with E-state index >= 15 is 0 Å². The Morgan fingerprint density at radius 2 is 2.17 bits per heavy atom. The summed E-state index contributed by atoms with van der Waals surface area (Å²) in [5.74, 6) is 0.685. The van der Waals surface area contributed by atoms with Crippen molar-refractivity contribution in [2.75, 3.05) is 40.5 Å². The molecule has 7 nitrogen and oxygen atoms in total. The van der Waals surface area contributed by atoms with Gasteiger partial charge in [0.1, 0.15) is 6.10 Å². The highest BCUT2D eigenvalue weighted by Gasteiger charge is 2.35. The molecule has 1 fully saturated rings. The molecule has 0 aromatic heterocycles. The number of nitrogens with two attached hydrogens (primary N) is 1. The maximum absolute atomic E-state index is 12.8. The van der Waals surface area contributed by atoms with Gasteiger partial charge in [-0.1, -0.05) is 6.07 Å². The van der Waals surface area contributed by atoms with Crippen LogP contribution in [0.4, 0.5) is 0 Å². The maximum atomic E-state index is 12.8. The van der Waals surface area contributed by atoms with Crippen LogP contribution in [-0.4, -0.2) is 68.6 Å². The first kappa shape index (κ1) is 17.5. The van der Waals surface area contributed by atoms with Crippen LogP contribution in [0.1, 0.15) is 16.8 Å². The van der Waals surface area contributed by atoms with Crippen molar-refractivity contribution in [1.29, 1.82) is 0 Å². The lowest BCUT2D eigenvalue weighted by Crippen LogP contribution is -2.30. The molecular formula is C16H24N2O5. The molecule has 23 heavy (non-hydrogen) atoms. The fourth-order valence-corrected chi connectivity index (χ4v) is 2.58. The second-order valence-corrected chi connectivity index (χ2v) is 5.38. The van der Waals surface area contributed by atoms with E-state index in [2.05, 4.69) is 0 Å². The van der Waals surface area contributed by atoms with Crippen LogP contribution in [0.25, 0.3) is 0 Å². The standard InChI is InChI=1S/C16H24N2O5/c1-21-13-6-3-5-11(15(13)23-8-4-7-17)16(20)18-9-12(19)14(10-18)22-2/h3,5-6,12,14,19H,4,7-10,17H2,1-2H3/t12-,14-/m1/s1. The summed E-state index contributed by atoms with van der Waals surface area (Å²) >= 11 is 0. The van der Waals surface area contributed by atoms with Crippen LogP contribution in [0.5, 0.6) is 11.5 Å². The van der Waals surface area contributed by atoms with Gasteiger partial charge in [-0.2, -0.15) is 0 Å². The maximum Gasteiger partial charge on any atom is 0.257 e. The number of β-amino-alcohol motifs (C(OH)–C–C–N with tert-alkyl or cyclic N) is 1. The molecule has 2 rings (SSSR count). The molecular weight excluding hydrogens is 300 g/mol. The number of hydrogen-bond acceptors (Lipinski definition) is 6. The summed E-state index contributed by atoms with van der Waals surface area (Å²) in [6.45, 7) is 1.49. The number of aliphatic hydroxyl groups excluding tert-OH is 1. The summed E-state index contributed by atoms with van der Waals surface area (Å²) in [7, 11) is 3.05. The second-order valence-electron chi connectivity index (χ2n) is 5.38. The predicted octanol–water partition coefficient (Wildman–Crippen LogP) is 0.255. The molecule has 1 aromatic rings. The van der Waals surface area contributed by atoms with Gasteiger partial charge in [0, 0.05) is 20.2 Å². The third kappa shape index (κ3) is 3.93. The van der Waals surface area contributed by atoms with Crippen LogP contribution in [0.2, 0.25) is 0 Å². The number of rotatable bonds is 7. The first-order chi connectivity index (χ1) is 11.1. The van der Waals surface area contributed by atoms with E-state index in [1.807, 2.05) is 0 Å². The van der Waals surface area contributed by atoms with Gasteiger partial charge < -0.3 is 30.0 Å². The molecule has 7 heteroatoms. The van der Waals surface area contributed by atoms with Crippen molar-refractivity contribution in [3.05, 3.63) is 23.8 Å². The quantitative estimate of drug-likeness (QED) is 0.699. The van der Waals surface area contributed by atoms with E-state index in [-0.39, 0.29) is 18.6 Å². The molecule has 2 atom stereocenters. The van der Waals surface area contributed by atoms with E-state index in [1.165, 1.54) is 14.2 Å². The molecule has 0 bridgehead atoms. The highest BCUT2D eigenvalue weighted by Crippen LogP contribution is 2.32. The molecule has 1 aliphatic rings. The second kappa shape index (κ2) is 8.14. The Labute approximate surface area is 135 Å². The Kier molecular flexibility index (Phi) is 6.20. The largest absolute Gasteiger partial charge is 0.493 e. The summed E-state index contributed by atoms with van der Waals surface area (Å²) in [5.41, 5.74) is 5.89. The number of carbonyl (C=O) groups excluding carboxylic acids is 1. The van der Waals surface area contributed by atoms with Gasteiger partial charge in [-0.05, 0) is 25.1 Å². The number of methoxy groups -OCH3 is 2. The third-order valence-electron chi connectivity index (χ3n) is 3.85. The van der Waals surface area contributed by atoms with Crippen LogP contribution in [0.3, 0.4) is 0 Å². The van der Waals surface area contributed by atoms with Crippen molar-refractivity contribution in [2.45, 2.75) is 18.6 Å². The van der Waals surface area contributed by atoms with Gasteiger partial charge in [-0.15, -0.1) is 0 Å². The molecule has 0 aliphatic carbocycles. The fraction of sp³-hybridized carbons (Fsp3) is 0.562. The van der Waals surface area contributed by atoms with Crippen LogP contribution in [-0.2, 0) is 4.74 Å². The monoisotopic (exact) mass is 324 g/mol. The molecule has 1 amide bonds. The van der Waals surface area contributed by atoms with Gasteiger partial charge >= 0.3 is 0 Å². The Hall–Kier alpha value is -1.83. The number of nitrogens with zero attached hydrogens (tertiary/aromatic N) is 1. The topological polar surface area (TPSA) is 94.2 Å². The van der Waals surface area contributed by atoms with Crippen LogP contribution in [0, 0.1) is 0 Å². The average molecular weight is 324 g/mol. The van der Waals surface area contributed by atoms with Crippen molar-refractivity contribution in [2.24, 2.45) is 5.73 Å². The van der Waals surface area contributed by atoms with Crippen molar-refractivity contribution >= 4 is 5.91 Å². The number of ether oxygens (including phenoxy) is 3. The van der Waals surface area contributed by atoms with Gasteiger partial charge in [-0.25, -0.2) is 0 Å². The normalized spacial score (nSPS) is 20.6. The van der Waals surface area contributed by atoms with E-state index in [1.54, 1.807) is 23.1 Å². The summed E-state index contributed by atoms with van der Waals surface area (Å²) in [5, 5.41) is 9.91. The van der Waals surface area contributed by atoms with E-state index in [9.17, 15) is 9.90 Å². The number of amides is 1. The zero-order valence-electron chi connectivity index (χ0n) is 13.5. The van der Waals surface area contributed by atoms with Crippen LogP contribution in [0.15, 0.2) is 18.2 Å². The summed E-state index contributed by atoms with van der Waals surface area (Å²) in [6.07, 6.45) is -0.373. The molecule has 3 N–H and O–H groups in total. The van der Waals surface area contributed by atoms with Crippen LogP contribution < -0.4 is 15.2 Å². The van der Waals surface area contributed by atoms with E-state index in [0.29, 0.717) is 43.2 Å². The highest BCUT2D eigenvalue weighted by atomic mass is 16.5. The molecule has 1 aromatic carbocycles. The zero-order valence-corrected chi connectivity index (χ0v) is 13.5. The predicted molar refractivity (Wildman–Crippen MR) is 84.9 cm³/mol. The Bertz CT molecular complexity index is 537. The molecule has 1 saturated heterocycles. The Morgan fingerprint density at radius 3 is 2.78 bits per heavy atom. The number of likely N-dealkylation sites (tertiary alicyclic amines) is 1. The van der Waals surface area contributed by atoms with Crippen molar-refractivity contribution < 1.29 is 24.1 Å². The molecule has 0 unspecified atom stereocenters. The van der Waals surface area contributed by atoms with Crippen molar-refractivity contribution in [3.63, 3.8) is 0 Å². The first-order valence-corrected chi connectivity index (χ1v) is 7.62. The highest BCUT2D eigenvalue weighted by molar-refractivity contribution is 5.98. The smallest absolute Gasteiger partial charge is 0.257 e. The van der Waals surface area contributed by atoms with Crippen molar-refractivity contribution in [3.8, 4) is 11.5 Å². The molecule has 128 valence electrons. The minimum atomic E-state index is -0.684. The molecule has 1 aliphatic heterocycles. The summed E-state index contributed by atoms with van der Waals surface area (Å²) in [6, 6.07) is 5.17. The summed E-state index contributed by atoms with van der Waals surface area (Å²) in [4.78, 5) is 14.3. The number of hydrogen-bond donors (Lipinski definition) is 2. The number of para-hydroxylation sites is 1. The lowest BCUT2D eigenvalue weighted by atomic mass is 10.1. The number of benzene rings is 1. The van der Waals surface area contributed by atoms with Gasteiger partial charge in [0.15, 0.2) is 11.5 Å². The molecule has 0 saturated carbocycles. The van der Waals surface area contributed by atoms with Gasteiger partial charge in [-0.3, -0.25) is 4.79 Å². The van der Waals surface area contributed by atoms with Gasteiger partial charge in [0.2, 0.25) is 0 Å². The lowest BCUT2D eigenvalue weighted by molar-refractivity contribution is 0.0215. The van der Waals surface area contributed by atoms with E-state index < -0.39 is 6.10 Å². The number of aliphatic hydroxyl groups is 1. The summed E-state index contributed by atoms with van der Waals surface area (Å²) < 4.78 is 16.2. The Balaban J connectivity index is 2.22. The fourth-order valence-electron chi connectivity index (χ4n) is 2.58. The zero-order chi connectivity index (χ0) is 16.8. The first-order valence-electron chi connectivity index (χ1n) is 7.62. The SMILES string of the molecule is COc1cccc(C(=O)N2C[C@@H](O)[C@H](OC)C2)c1OCCCN. The number of carbonyl (C=O) groups is 1. The minimum absolute atomic E-state index is 0.217. The molecule has 0 radical (unpaired) electrons. The molecule has 1 heterocycles. The van der Waals surface area contributed by atoms with E-state index in [4.69, 9.17) is 19.9 Å². The average Bonchev–Trinajstić information content (AvgIpc) is 2.95.